The second kappa shape index (κ2) is 8.77. The van der Waals surface area contributed by atoms with Gasteiger partial charge in [-0.2, -0.15) is 0 Å². The summed E-state index contributed by atoms with van der Waals surface area (Å²) < 4.78 is 0. The summed E-state index contributed by atoms with van der Waals surface area (Å²) in [7, 11) is 2.78. The summed E-state index contributed by atoms with van der Waals surface area (Å²) in [5.74, 6) is -16.5. The molecule has 0 aliphatic heterocycles. The van der Waals surface area contributed by atoms with Crippen molar-refractivity contribution in [2.45, 2.75) is 56.8 Å². The maximum absolute atomic E-state index is 14.0. The van der Waals surface area contributed by atoms with Crippen molar-refractivity contribution in [3.05, 3.63) is 28.3 Å². The molecule has 0 bridgehead atoms. The lowest BCUT2D eigenvalue weighted by Crippen LogP contribution is -2.77. The number of primary amides is 1. The van der Waals surface area contributed by atoms with Gasteiger partial charge in [-0.15, -0.1) is 0 Å². The molecule has 210 valence electrons. The number of likely N-dealkylation sites (N-methyl/N-ethyl adjacent to an activating group) is 1. The average molecular weight is 545 g/mol. The average Bonchev–Trinajstić information content (AvgIpc) is 2.79. The van der Waals surface area contributed by atoms with Gasteiger partial charge in [-0.25, -0.2) is 4.79 Å². The molecule has 12 nitrogen and oxygen atoms in total. The first-order valence-corrected chi connectivity index (χ1v) is 12.5. The van der Waals surface area contributed by atoms with Crippen LogP contribution >= 0.6 is 0 Å². The van der Waals surface area contributed by atoms with E-state index in [-0.39, 0.29) is 16.7 Å². The van der Waals surface area contributed by atoms with Crippen molar-refractivity contribution in [2.24, 2.45) is 29.4 Å². The molecule has 6 N–H and O–H groups in total. The highest BCUT2D eigenvalue weighted by atomic mass is 16.4. The van der Waals surface area contributed by atoms with Crippen LogP contribution in [0.25, 0.3) is 0 Å². The third-order valence-electron chi connectivity index (χ3n) is 8.62. The molecule has 2 saturated carbocycles. The largest absolute Gasteiger partial charge is 0.507 e. The monoisotopic (exact) mass is 544 g/mol. The summed E-state index contributed by atoms with van der Waals surface area (Å²) in [6.07, 6.45) is -1.84. The smallest absolute Gasteiger partial charge is 0.336 e. The number of aromatic hydroxyl groups is 1. The number of Topliss-reactive ketones (excluding diaryl/α,β-unsaturated/α-hetero) is 4. The number of aliphatic hydroxyl groups is 2. The van der Waals surface area contributed by atoms with E-state index in [2.05, 4.69) is 0 Å². The highest BCUT2D eigenvalue weighted by Crippen LogP contribution is 2.56. The van der Waals surface area contributed by atoms with Crippen molar-refractivity contribution < 1.29 is 49.2 Å². The molecular formula is C27H32N2O10. The minimum atomic E-state index is -3.12. The van der Waals surface area contributed by atoms with Gasteiger partial charge in [-0.1, -0.05) is 27.7 Å². The van der Waals surface area contributed by atoms with E-state index >= 15 is 0 Å². The lowest BCUT2D eigenvalue weighted by atomic mass is 9.49. The van der Waals surface area contributed by atoms with Gasteiger partial charge >= 0.3 is 5.97 Å². The van der Waals surface area contributed by atoms with Gasteiger partial charge in [0.25, 0.3) is 0 Å². The zero-order valence-corrected chi connectivity index (χ0v) is 22.4. The number of aliphatic hydroxyl groups excluding tert-OH is 1. The first kappa shape index (κ1) is 28.5. The number of phenols is 1. The van der Waals surface area contributed by atoms with Crippen LogP contribution in [0.4, 0.5) is 0 Å². The van der Waals surface area contributed by atoms with Crippen LogP contribution in [0.3, 0.4) is 0 Å². The Labute approximate surface area is 223 Å². The van der Waals surface area contributed by atoms with Crippen molar-refractivity contribution in [1.82, 2.24) is 4.90 Å². The number of carboxylic acids is 1. The summed E-state index contributed by atoms with van der Waals surface area (Å²) in [4.78, 5) is 80.3. The number of carbonyl (C=O) groups excluding carboxylic acids is 5. The number of rotatable bonds is 3. The molecule has 0 saturated heterocycles. The number of phenolic OH excluding ortho intramolecular Hbond substituents is 1. The number of carboxylic acid groups (broad SMARTS) is 1. The first-order valence-electron chi connectivity index (χ1n) is 12.5. The van der Waals surface area contributed by atoms with E-state index in [9.17, 15) is 49.2 Å². The predicted molar refractivity (Wildman–Crippen MR) is 133 cm³/mol. The normalized spacial score (nSPS) is 34.4. The molecule has 2 unspecified atom stereocenters. The lowest BCUT2D eigenvalue weighted by molar-refractivity contribution is -0.196. The van der Waals surface area contributed by atoms with E-state index in [1.165, 1.54) is 32.0 Å². The number of hydrogen-bond acceptors (Lipinski definition) is 10. The van der Waals surface area contributed by atoms with E-state index in [0.29, 0.717) is 0 Å². The minimum Gasteiger partial charge on any atom is -0.507 e. The van der Waals surface area contributed by atoms with Crippen molar-refractivity contribution in [2.75, 3.05) is 14.1 Å². The Balaban J connectivity index is 2.04. The summed E-state index contributed by atoms with van der Waals surface area (Å²) in [6.45, 7) is 6.53. The fourth-order valence-electron chi connectivity index (χ4n) is 6.89. The summed E-state index contributed by atoms with van der Waals surface area (Å²) in [5, 5.41) is 44.5. The molecule has 2 fully saturated rings. The van der Waals surface area contributed by atoms with Crippen LogP contribution in [0.2, 0.25) is 0 Å². The number of aromatic carboxylic acids is 1. The Hall–Kier alpha value is -3.48. The third kappa shape index (κ3) is 3.61. The Kier molecular flexibility index (Phi) is 6.41. The maximum atomic E-state index is 14.0. The number of benzene rings is 1. The van der Waals surface area contributed by atoms with E-state index < -0.39 is 99.1 Å². The van der Waals surface area contributed by atoms with E-state index in [1.54, 1.807) is 20.8 Å². The minimum absolute atomic E-state index is 0.0959. The third-order valence-corrected chi connectivity index (χ3v) is 8.62. The Morgan fingerprint density at radius 1 is 1.08 bits per heavy atom. The molecule has 0 aromatic heterocycles. The van der Waals surface area contributed by atoms with Crippen molar-refractivity contribution in [3.8, 4) is 5.75 Å². The molecule has 3 aliphatic rings. The fraction of sp³-hybridized carbons (Fsp3) is 0.556. The first-order chi connectivity index (χ1) is 17.8. The van der Waals surface area contributed by atoms with Gasteiger partial charge in [0.15, 0.2) is 34.7 Å². The highest BCUT2D eigenvalue weighted by Gasteiger charge is 2.73. The molecule has 12 heteroatoms. The van der Waals surface area contributed by atoms with E-state index in [1.807, 2.05) is 0 Å². The second-order valence-electron chi connectivity index (χ2n) is 12.0. The molecule has 3 aliphatic carbocycles. The van der Waals surface area contributed by atoms with Gasteiger partial charge in [0.1, 0.15) is 5.75 Å². The molecule has 4 rings (SSSR count). The van der Waals surface area contributed by atoms with Crippen LogP contribution in [0.1, 0.15) is 65.5 Å². The van der Waals surface area contributed by atoms with Crippen molar-refractivity contribution >= 4 is 35.0 Å². The molecule has 1 aromatic carbocycles. The topological polar surface area (TPSA) is 213 Å². The van der Waals surface area contributed by atoms with Crippen molar-refractivity contribution in [1.29, 1.82) is 0 Å². The van der Waals surface area contributed by atoms with Crippen molar-refractivity contribution in [3.63, 3.8) is 0 Å². The lowest BCUT2D eigenvalue weighted by Gasteiger charge is -2.56. The number of ketones is 4. The maximum Gasteiger partial charge on any atom is 0.336 e. The summed E-state index contributed by atoms with van der Waals surface area (Å²) >= 11 is 0. The van der Waals surface area contributed by atoms with Crippen LogP contribution < -0.4 is 5.73 Å². The molecule has 8 atom stereocenters. The van der Waals surface area contributed by atoms with Crippen LogP contribution in [0.5, 0.6) is 5.75 Å². The number of amides is 1. The van der Waals surface area contributed by atoms with Gasteiger partial charge < -0.3 is 26.2 Å². The molecule has 0 spiro atoms. The van der Waals surface area contributed by atoms with Gasteiger partial charge in [-0.05, 0) is 37.1 Å². The highest BCUT2D eigenvalue weighted by molar-refractivity contribution is 6.32. The zero-order valence-electron chi connectivity index (χ0n) is 22.4. The van der Waals surface area contributed by atoms with Gasteiger partial charge in [0, 0.05) is 11.5 Å². The zero-order chi connectivity index (χ0) is 29.7. The second-order valence-corrected chi connectivity index (χ2v) is 12.0. The molecular weight excluding hydrogens is 512 g/mol. The standard InChI is InChI=1S/C27H32N2O10/c1-8-11-9(25(37)38)7-10(26(2,3)4)18(30)13(11)19(31)14-12(8)20(32)16-17(29(5)6)21(33)15(24(28)36)23(35)27(16,39)22(14)34/h7-8,12,14-17,20,30,32,39H,1-6H3,(H2,28,36)(H,37,38)/t8-,12+,14?,15?,16+,17-,20-,27-/m0/s1. The Morgan fingerprint density at radius 3 is 2.10 bits per heavy atom. The molecule has 39 heavy (non-hydrogen) atoms. The number of nitrogens with zero attached hydrogens (tertiary/aromatic N) is 1. The van der Waals surface area contributed by atoms with Crippen LogP contribution in [0, 0.1) is 23.7 Å². The van der Waals surface area contributed by atoms with E-state index in [4.69, 9.17) is 5.73 Å². The number of nitrogens with two attached hydrogens (primary N) is 1. The Bertz CT molecular complexity index is 1360. The number of fused-ring (bicyclic) bond motifs is 3. The van der Waals surface area contributed by atoms with E-state index in [0.717, 1.165) is 0 Å². The summed E-state index contributed by atoms with van der Waals surface area (Å²) in [6, 6.07) is -0.258. The van der Waals surface area contributed by atoms with Crippen LogP contribution in [0.15, 0.2) is 6.07 Å². The predicted octanol–water partition coefficient (Wildman–Crippen LogP) is -0.605. The molecule has 1 amide bonds. The van der Waals surface area contributed by atoms with Gasteiger partial charge in [0.2, 0.25) is 5.91 Å². The van der Waals surface area contributed by atoms with Gasteiger partial charge in [0.05, 0.1) is 35.1 Å². The quantitative estimate of drug-likeness (QED) is 0.303. The molecule has 0 radical (unpaired) electrons. The number of hydrogen-bond donors (Lipinski definition) is 5. The molecule has 0 heterocycles. The van der Waals surface area contributed by atoms with Gasteiger partial charge in [-0.3, -0.25) is 28.9 Å². The fourth-order valence-corrected chi connectivity index (χ4v) is 6.89. The SMILES string of the molecule is C[C@H]1c2c(C(=O)O)cc(C(C)(C)C)c(O)c2C(=O)C2C(=O)[C@]3(O)C(=O)C(C(N)=O)C(=O)[C@@H](N(C)C)[C@@H]3[C@@H](O)[C@@H]21. The molecule has 1 aromatic rings. The summed E-state index contributed by atoms with van der Waals surface area (Å²) in [5.41, 5.74) is 0.638. The Morgan fingerprint density at radius 2 is 1.64 bits per heavy atom. The van der Waals surface area contributed by atoms with Crippen LogP contribution in [-0.2, 0) is 24.6 Å². The van der Waals surface area contributed by atoms with Crippen LogP contribution in [-0.4, -0.2) is 92.2 Å². The number of carbonyl (C=O) groups is 6.